The predicted octanol–water partition coefficient (Wildman–Crippen LogP) is 5.82. The number of nitrogens with zero attached hydrogens (tertiary/aromatic N) is 2. The average Bonchev–Trinajstić information content (AvgIpc) is 2.77. The Hall–Kier alpha value is -0.150. The van der Waals surface area contributed by atoms with Gasteiger partial charge in [-0.25, -0.2) is 0 Å². The van der Waals surface area contributed by atoms with Crippen molar-refractivity contribution in [2.45, 2.75) is 117 Å². The van der Waals surface area contributed by atoms with Crippen molar-refractivity contribution in [1.82, 2.24) is 9.80 Å². The summed E-state index contributed by atoms with van der Waals surface area (Å²) in [6.07, 6.45) is 8.87. The maximum Gasteiger partial charge on any atom is 0.0745 e. The summed E-state index contributed by atoms with van der Waals surface area (Å²) in [4.78, 5) is 5.86. The molecular formula is C20H43FN2. The van der Waals surface area contributed by atoms with E-state index in [2.05, 4.69) is 65.2 Å². The fourth-order valence-electron chi connectivity index (χ4n) is 6.45. The Morgan fingerprint density at radius 1 is 0.565 bits per heavy atom. The summed E-state index contributed by atoms with van der Waals surface area (Å²) in [7, 11) is 0. The van der Waals surface area contributed by atoms with Crippen molar-refractivity contribution in [2.24, 2.45) is 0 Å². The van der Waals surface area contributed by atoms with Gasteiger partial charge >= 0.3 is 0 Å². The monoisotopic (exact) mass is 330 g/mol. The highest BCUT2D eigenvalue weighted by Crippen LogP contribution is 2.57. The minimum Gasteiger partial charge on any atom is -0.278 e. The van der Waals surface area contributed by atoms with Gasteiger partial charge in [-0.2, -0.15) is 0 Å². The van der Waals surface area contributed by atoms with Crippen LogP contribution in [0.25, 0.3) is 0 Å². The molecule has 23 heavy (non-hydrogen) atoms. The lowest BCUT2D eigenvalue weighted by Crippen LogP contribution is -2.60. The highest BCUT2D eigenvalue weighted by atomic mass is 19.0. The summed E-state index contributed by atoms with van der Waals surface area (Å²) >= 11 is 0. The second kappa shape index (κ2) is 8.80. The normalized spacial score (nSPS) is 23.0. The van der Waals surface area contributed by atoms with Crippen molar-refractivity contribution in [2.75, 3.05) is 13.1 Å². The van der Waals surface area contributed by atoms with Crippen molar-refractivity contribution >= 4 is 0 Å². The lowest BCUT2D eigenvalue weighted by atomic mass is 9.69. The van der Waals surface area contributed by atoms with Crippen LogP contribution in [0, 0.1) is 0 Å². The molecule has 1 rings (SSSR count). The van der Waals surface area contributed by atoms with Gasteiger partial charge in [0.15, 0.2) is 0 Å². The van der Waals surface area contributed by atoms with E-state index >= 15 is 0 Å². The summed E-state index contributed by atoms with van der Waals surface area (Å²) in [5.74, 6) is 0. The van der Waals surface area contributed by atoms with Gasteiger partial charge in [-0.3, -0.25) is 14.5 Å². The maximum absolute atomic E-state index is 2.93. The van der Waals surface area contributed by atoms with Crippen LogP contribution < -0.4 is 0 Å². The van der Waals surface area contributed by atoms with E-state index in [1.807, 2.05) is 0 Å². The second-order valence-electron chi connectivity index (χ2n) is 7.05. The first kappa shape index (κ1) is 22.9. The third-order valence-electron chi connectivity index (χ3n) is 7.09. The Labute approximate surface area is 145 Å². The van der Waals surface area contributed by atoms with Crippen LogP contribution in [0.15, 0.2) is 0 Å². The largest absolute Gasteiger partial charge is 0.278 e. The van der Waals surface area contributed by atoms with Crippen LogP contribution >= 0.6 is 0 Å². The van der Waals surface area contributed by atoms with E-state index in [4.69, 9.17) is 0 Å². The zero-order valence-electron chi connectivity index (χ0n) is 17.2. The smallest absolute Gasteiger partial charge is 0.0745 e. The molecule has 0 amide bonds. The molecular weight excluding hydrogens is 287 g/mol. The second-order valence-corrected chi connectivity index (χ2v) is 7.05. The topological polar surface area (TPSA) is 6.48 Å². The van der Waals surface area contributed by atoms with Gasteiger partial charge in [0, 0.05) is 11.1 Å². The van der Waals surface area contributed by atoms with E-state index in [1.165, 1.54) is 58.0 Å². The Bertz CT molecular complexity index is 309. The van der Waals surface area contributed by atoms with Gasteiger partial charge in [-0.15, -0.1) is 0 Å². The highest BCUT2D eigenvalue weighted by Gasteiger charge is 2.67. The fraction of sp³-hybridized carbons (Fsp3) is 1.00. The maximum atomic E-state index is 2.93. The molecule has 140 valence electrons. The van der Waals surface area contributed by atoms with Crippen LogP contribution in [-0.4, -0.2) is 39.6 Å². The van der Waals surface area contributed by atoms with Crippen LogP contribution in [0.4, 0.5) is 4.70 Å². The average molecular weight is 331 g/mol. The Morgan fingerprint density at radius 2 is 0.913 bits per heavy atom. The molecule has 0 bridgehead atoms. The van der Waals surface area contributed by atoms with Crippen molar-refractivity contribution in [3.63, 3.8) is 0 Å². The summed E-state index contributed by atoms with van der Waals surface area (Å²) in [6.45, 7) is 21.6. The first-order valence-electron chi connectivity index (χ1n) is 10.1. The minimum absolute atomic E-state index is 0. The highest BCUT2D eigenvalue weighted by molar-refractivity contribution is 5.21. The molecule has 0 unspecified atom stereocenters. The molecule has 0 radical (unpaired) electrons. The zero-order valence-corrected chi connectivity index (χ0v) is 17.2. The lowest BCUT2D eigenvalue weighted by molar-refractivity contribution is -0.0324. The van der Waals surface area contributed by atoms with Gasteiger partial charge in [0.25, 0.3) is 0 Å². The van der Waals surface area contributed by atoms with Gasteiger partial charge in [-0.1, -0.05) is 61.8 Å². The van der Waals surface area contributed by atoms with Gasteiger partial charge in [0.1, 0.15) is 0 Å². The Kier molecular flexibility index (Phi) is 8.74. The van der Waals surface area contributed by atoms with Crippen molar-refractivity contribution in [1.29, 1.82) is 0 Å². The molecule has 0 atom stereocenters. The summed E-state index contributed by atoms with van der Waals surface area (Å²) in [5, 5.41) is 0. The molecule has 0 aromatic carbocycles. The number of hydrogen-bond donors (Lipinski definition) is 0. The molecule has 0 N–H and O–H groups in total. The Morgan fingerprint density at radius 3 is 1.09 bits per heavy atom. The van der Waals surface area contributed by atoms with E-state index in [0.29, 0.717) is 11.1 Å². The SMILES string of the molecule is CCCC1(CC)N(CC)C(CC)(CC)C(CC)(CC)N1CC.F. The quantitative estimate of drug-likeness (QED) is 0.525. The van der Waals surface area contributed by atoms with Crippen molar-refractivity contribution in [3.05, 3.63) is 0 Å². The number of likely N-dealkylation sites (N-methyl/N-ethyl adjacent to an activating group) is 2. The standard InChI is InChI=1S/C20H42N2.FH/c1-9-17-20(14-6)21(15-7)18(10-2,11-3)19(12-4,13-5)22(20)16-8;/h9-17H2,1-8H3;1H. The first-order chi connectivity index (χ1) is 10.5. The summed E-state index contributed by atoms with van der Waals surface area (Å²) in [6, 6.07) is 0. The molecule has 1 heterocycles. The number of hydrogen-bond acceptors (Lipinski definition) is 2. The van der Waals surface area contributed by atoms with E-state index < -0.39 is 0 Å². The van der Waals surface area contributed by atoms with Crippen LogP contribution in [0.1, 0.15) is 100 Å². The van der Waals surface area contributed by atoms with E-state index in [1.54, 1.807) is 0 Å². The minimum atomic E-state index is 0. The van der Waals surface area contributed by atoms with Crippen molar-refractivity contribution in [3.8, 4) is 0 Å². The predicted molar refractivity (Wildman–Crippen MR) is 102 cm³/mol. The van der Waals surface area contributed by atoms with Crippen LogP contribution in [-0.2, 0) is 0 Å². The van der Waals surface area contributed by atoms with Gasteiger partial charge in [0.2, 0.25) is 0 Å². The molecule has 0 aliphatic carbocycles. The molecule has 2 nitrogen and oxygen atoms in total. The molecule has 1 saturated heterocycles. The molecule has 0 saturated carbocycles. The molecule has 0 aromatic rings. The van der Waals surface area contributed by atoms with E-state index in [0.717, 1.165) is 0 Å². The van der Waals surface area contributed by atoms with E-state index in [-0.39, 0.29) is 10.4 Å². The van der Waals surface area contributed by atoms with Gasteiger partial charge < -0.3 is 0 Å². The van der Waals surface area contributed by atoms with Crippen LogP contribution in [0.3, 0.4) is 0 Å². The van der Waals surface area contributed by atoms with Gasteiger partial charge in [-0.05, 0) is 51.6 Å². The molecule has 1 aliphatic heterocycles. The third kappa shape index (κ3) is 2.76. The molecule has 1 aliphatic rings. The molecule has 3 heteroatoms. The van der Waals surface area contributed by atoms with Crippen LogP contribution in [0.5, 0.6) is 0 Å². The molecule has 1 fully saturated rings. The van der Waals surface area contributed by atoms with Gasteiger partial charge in [0.05, 0.1) is 5.66 Å². The Balaban J connectivity index is 0.00000484. The zero-order chi connectivity index (χ0) is 17.0. The van der Waals surface area contributed by atoms with Crippen LogP contribution in [0.2, 0.25) is 0 Å². The van der Waals surface area contributed by atoms with E-state index in [9.17, 15) is 0 Å². The third-order valence-corrected chi connectivity index (χ3v) is 7.09. The summed E-state index contributed by atoms with van der Waals surface area (Å²) < 4.78 is 0. The number of halogens is 1. The fourth-order valence-corrected chi connectivity index (χ4v) is 6.45. The molecule has 0 spiro atoms. The number of rotatable bonds is 9. The first-order valence-corrected chi connectivity index (χ1v) is 10.1. The van der Waals surface area contributed by atoms with Crippen molar-refractivity contribution < 1.29 is 4.70 Å². The molecule has 0 aromatic heterocycles. The lowest BCUT2D eigenvalue weighted by Gasteiger charge is -2.50. The summed E-state index contributed by atoms with van der Waals surface area (Å²) in [5.41, 5.74) is 0.912.